The van der Waals surface area contributed by atoms with E-state index < -0.39 is 0 Å². The summed E-state index contributed by atoms with van der Waals surface area (Å²) in [6, 6.07) is 11.6. The van der Waals surface area contributed by atoms with Crippen molar-refractivity contribution >= 4 is 16.8 Å². The van der Waals surface area contributed by atoms with E-state index in [1.165, 1.54) is 6.42 Å². The molecule has 0 radical (unpaired) electrons. The Morgan fingerprint density at radius 2 is 2.06 bits per heavy atom. The first-order valence-electron chi connectivity index (χ1n) is 11.2. The Hall–Kier alpha value is -3.32. The van der Waals surface area contributed by atoms with E-state index in [0.29, 0.717) is 6.04 Å². The van der Waals surface area contributed by atoms with E-state index in [1.807, 2.05) is 30.3 Å². The number of rotatable bonds is 6. The van der Waals surface area contributed by atoms with Gasteiger partial charge in [0.25, 0.3) is 0 Å². The topological polar surface area (TPSA) is 90.5 Å². The van der Waals surface area contributed by atoms with Crippen molar-refractivity contribution in [3.63, 3.8) is 0 Å². The molecule has 2 heterocycles. The highest BCUT2D eigenvalue weighted by atomic mass is 16.5. The van der Waals surface area contributed by atoms with Crippen LogP contribution in [0.2, 0.25) is 0 Å². The van der Waals surface area contributed by atoms with Crippen molar-refractivity contribution in [2.45, 2.75) is 43.9 Å². The van der Waals surface area contributed by atoms with Gasteiger partial charge in [-0.15, -0.1) is 0 Å². The summed E-state index contributed by atoms with van der Waals surface area (Å²) in [4.78, 5) is 14.5. The largest absolute Gasteiger partial charge is 0.508 e. The summed E-state index contributed by atoms with van der Waals surface area (Å²) in [5.41, 5.74) is 2.88. The van der Waals surface area contributed by atoms with Gasteiger partial charge in [0.15, 0.2) is 0 Å². The smallest absolute Gasteiger partial charge is 0.243 e. The van der Waals surface area contributed by atoms with Gasteiger partial charge in [-0.3, -0.25) is 14.8 Å². The number of H-pyrrole nitrogens is 1. The third kappa shape index (κ3) is 4.34. The van der Waals surface area contributed by atoms with E-state index in [1.54, 1.807) is 24.4 Å². The molecule has 1 amide bonds. The lowest BCUT2D eigenvalue weighted by Crippen LogP contribution is -2.48. The number of amides is 1. The Morgan fingerprint density at radius 3 is 2.81 bits per heavy atom. The van der Waals surface area contributed by atoms with Crippen molar-refractivity contribution in [3.8, 4) is 22.6 Å². The van der Waals surface area contributed by atoms with Gasteiger partial charge in [-0.25, -0.2) is 0 Å². The van der Waals surface area contributed by atoms with Gasteiger partial charge in [-0.1, -0.05) is 18.2 Å². The Bertz CT molecular complexity index is 1130. The summed E-state index contributed by atoms with van der Waals surface area (Å²) < 4.78 is 6.29. The van der Waals surface area contributed by atoms with Crippen LogP contribution in [0.1, 0.15) is 25.7 Å². The molecule has 2 aromatic carbocycles. The molecule has 7 nitrogen and oxygen atoms in total. The minimum absolute atomic E-state index is 0.0275. The maximum Gasteiger partial charge on any atom is 0.243 e. The summed E-state index contributed by atoms with van der Waals surface area (Å²) in [5.74, 6) is 0.985. The number of hydrogen-bond acceptors (Lipinski definition) is 5. The van der Waals surface area contributed by atoms with E-state index in [0.717, 1.165) is 53.6 Å². The average Bonchev–Trinajstić information content (AvgIpc) is 3.39. The number of likely N-dealkylation sites (tertiary alicyclic amines) is 1. The highest BCUT2D eigenvalue weighted by molar-refractivity contribution is 5.90. The van der Waals surface area contributed by atoms with E-state index in [-0.39, 0.29) is 23.8 Å². The number of phenols is 1. The number of aromatic hydroxyl groups is 1. The molecule has 3 N–H and O–H groups in total. The Balaban J connectivity index is 1.20. The maximum atomic E-state index is 12.3. The van der Waals surface area contributed by atoms with Crippen molar-refractivity contribution in [3.05, 3.63) is 54.7 Å². The second-order valence-electron chi connectivity index (χ2n) is 8.82. The van der Waals surface area contributed by atoms with Gasteiger partial charge in [-0.2, -0.15) is 5.10 Å². The number of phenolic OH excluding ortho intramolecular Hbond substituents is 1. The van der Waals surface area contributed by atoms with Gasteiger partial charge in [0, 0.05) is 31.0 Å². The number of nitrogens with zero attached hydrogens (tertiary/aromatic N) is 2. The number of aromatic amines is 1. The van der Waals surface area contributed by atoms with Crippen LogP contribution >= 0.6 is 0 Å². The first-order chi connectivity index (χ1) is 15.5. The highest BCUT2D eigenvalue weighted by Gasteiger charge is 2.32. The summed E-state index contributed by atoms with van der Waals surface area (Å²) in [6.45, 7) is 1.09. The zero-order valence-electron chi connectivity index (χ0n) is 18.1. The number of carbonyl (C=O) groups excluding carboxylic acids is 1. The third-order valence-corrected chi connectivity index (χ3v) is 6.50. The van der Waals surface area contributed by atoms with E-state index in [9.17, 15) is 9.90 Å². The number of fused-ring (bicyclic) bond motifs is 1. The van der Waals surface area contributed by atoms with Crippen LogP contribution in [0.25, 0.3) is 22.0 Å². The number of nitrogens with one attached hydrogen (secondary N) is 2. The Kier molecular flexibility index (Phi) is 5.57. The van der Waals surface area contributed by atoms with Gasteiger partial charge in [-0.05, 0) is 61.8 Å². The molecule has 166 valence electrons. The quantitative estimate of drug-likeness (QED) is 0.518. The lowest BCUT2D eigenvalue weighted by molar-refractivity contribution is -0.118. The predicted octanol–water partition coefficient (Wildman–Crippen LogP) is 3.61. The molecule has 1 saturated heterocycles. The molecule has 1 atom stereocenters. The zero-order chi connectivity index (χ0) is 22.1. The first kappa shape index (κ1) is 20.6. The fourth-order valence-electron chi connectivity index (χ4n) is 4.52. The lowest BCUT2D eigenvalue weighted by atomic mass is 9.89. The minimum atomic E-state index is -0.0275. The number of benzene rings is 2. The molecule has 2 aliphatic rings. The lowest BCUT2D eigenvalue weighted by Gasteiger charge is -2.35. The molecule has 0 bridgehead atoms. The number of likely N-dealkylation sites (N-methyl/N-ethyl adjacent to an activating group) is 1. The highest BCUT2D eigenvalue weighted by Crippen LogP contribution is 2.35. The Morgan fingerprint density at radius 1 is 1.25 bits per heavy atom. The van der Waals surface area contributed by atoms with Gasteiger partial charge in [0.2, 0.25) is 5.91 Å². The maximum absolute atomic E-state index is 12.3. The molecule has 7 heteroatoms. The molecule has 32 heavy (non-hydrogen) atoms. The van der Waals surface area contributed by atoms with Gasteiger partial charge < -0.3 is 15.2 Å². The SMILES string of the molecule is CN1CCC[C@@H]1/C=C/C(=O)NC1CC(Oc2cc(-c3ccc(O)cc3)cc3[nH]ncc23)C1. The van der Waals surface area contributed by atoms with Crippen molar-refractivity contribution in [1.82, 2.24) is 20.4 Å². The summed E-state index contributed by atoms with van der Waals surface area (Å²) >= 11 is 0. The fraction of sp³-hybridized carbons (Fsp3) is 0.360. The number of ether oxygens (including phenoxy) is 1. The molecular weight excluding hydrogens is 404 g/mol. The van der Waals surface area contributed by atoms with Crippen LogP contribution in [0.5, 0.6) is 11.5 Å². The molecular formula is C25H28N4O3. The van der Waals surface area contributed by atoms with Crippen molar-refractivity contribution in [1.29, 1.82) is 0 Å². The van der Waals surface area contributed by atoms with Crippen LogP contribution in [-0.2, 0) is 4.79 Å². The van der Waals surface area contributed by atoms with Crippen molar-refractivity contribution < 1.29 is 14.6 Å². The van der Waals surface area contributed by atoms with Crippen LogP contribution in [0, 0.1) is 0 Å². The van der Waals surface area contributed by atoms with Crippen LogP contribution < -0.4 is 10.1 Å². The van der Waals surface area contributed by atoms with Crippen LogP contribution in [0.3, 0.4) is 0 Å². The fourth-order valence-corrected chi connectivity index (χ4v) is 4.52. The van der Waals surface area contributed by atoms with Crippen molar-refractivity contribution in [2.75, 3.05) is 13.6 Å². The van der Waals surface area contributed by atoms with Crippen LogP contribution in [0.15, 0.2) is 54.7 Å². The van der Waals surface area contributed by atoms with E-state index in [2.05, 4.69) is 27.5 Å². The van der Waals surface area contributed by atoms with Gasteiger partial charge in [0.1, 0.15) is 17.6 Å². The molecule has 3 aromatic rings. The monoisotopic (exact) mass is 432 g/mol. The zero-order valence-corrected chi connectivity index (χ0v) is 18.1. The standard InChI is InChI=1S/C25H28N4O3/c1-29-10-2-3-19(29)6-9-25(31)27-18-13-21(14-18)32-24-12-17(11-23-22(24)15-26-28-23)16-4-7-20(30)8-5-16/h4-9,11-12,15,18-19,21,30H,2-3,10,13-14H2,1H3,(H,26,28)(H,27,31)/b9-6+/t18?,19-,21?/m1/s1. The summed E-state index contributed by atoms with van der Waals surface area (Å²) in [5, 5.41) is 20.8. The number of hydrogen-bond donors (Lipinski definition) is 3. The second kappa shape index (κ2) is 8.67. The molecule has 1 aliphatic carbocycles. The molecule has 5 rings (SSSR count). The van der Waals surface area contributed by atoms with Crippen molar-refractivity contribution in [2.24, 2.45) is 0 Å². The first-order valence-corrected chi connectivity index (χ1v) is 11.2. The molecule has 1 aliphatic heterocycles. The third-order valence-electron chi connectivity index (χ3n) is 6.50. The average molecular weight is 433 g/mol. The minimum Gasteiger partial charge on any atom is -0.508 e. The predicted molar refractivity (Wildman–Crippen MR) is 124 cm³/mol. The van der Waals surface area contributed by atoms with E-state index >= 15 is 0 Å². The molecule has 0 unspecified atom stereocenters. The second-order valence-corrected chi connectivity index (χ2v) is 8.82. The van der Waals surface area contributed by atoms with Crippen LogP contribution in [-0.4, -0.2) is 57.9 Å². The molecule has 2 fully saturated rings. The number of carbonyl (C=O) groups is 1. The van der Waals surface area contributed by atoms with Gasteiger partial charge >= 0.3 is 0 Å². The molecule has 1 aromatic heterocycles. The molecule has 1 saturated carbocycles. The molecule has 0 spiro atoms. The van der Waals surface area contributed by atoms with E-state index in [4.69, 9.17) is 4.74 Å². The summed E-state index contributed by atoms with van der Waals surface area (Å²) in [7, 11) is 2.10. The number of aromatic nitrogens is 2. The Labute approximate surface area is 187 Å². The van der Waals surface area contributed by atoms with Gasteiger partial charge in [0.05, 0.1) is 17.1 Å². The van der Waals surface area contributed by atoms with Crippen LogP contribution in [0.4, 0.5) is 0 Å². The summed E-state index contributed by atoms with van der Waals surface area (Å²) in [6.07, 6.45) is 9.39. The normalized spacial score (nSPS) is 23.5.